The van der Waals surface area contributed by atoms with Crippen LogP contribution in [0.3, 0.4) is 0 Å². The molecular weight excluding hydrogens is 291 g/mol. The predicted molar refractivity (Wildman–Crippen MR) is 84.3 cm³/mol. The summed E-state index contributed by atoms with van der Waals surface area (Å²) in [6.07, 6.45) is 1.56. The fraction of sp³-hybridized carbons (Fsp3) is 0.200. The third kappa shape index (κ3) is 2.43. The Morgan fingerprint density at radius 2 is 2.00 bits per heavy atom. The van der Waals surface area contributed by atoms with Crippen molar-refractivity contribution in [2.75, 3.05) is 12.4 Å². The molecule has 2 heterocycles. The zero-order chi connectivity index (χ0) is 13.9. The first-order valence-electron chi connectivity index (χ1n) is 6.29. The molecule has 0 unspecified atom stereocenters. The van der Waals surface area contributed by atoms with Gasteiger partial charge in [0.05, 0.1) is 12.1 Å². The number of hydrogen-bond donors (Lipinski definition) is 0. The summed E-state index contributed by atoms with van der Waals surface area (Å²) in [7, 11) is 0. The third-order valence-corrected chi connectivity index (χ3v) is 4.96. The highest BCUT2D eigenvalue weighted by atomic mass is 32.2. The van der Waals surface area contributed by atoms with Crippen LogP contribution in [-0.4, -0.2) is 22.4 Å². The minimum absolute atomic E-state index is 0.347. The molecule has 0 aliphatic heterocycles. The van der Waals surface area contributed by atoms with E-state index in [0.29, 0.717) is 5.75 Å². The van der Waals surface area contributed by atoms with Gasteiger partial charge in [0.1, 0.15) is 16.2 Å². The average Bonchev–Trinajstić information content (AvgIpc) is 2.82. The van der Waals surface area contributed by atoms with E-state index < -0.39 is 0 Å². The molecule has 0 fully saturated rings. The number of thioether (sulfide) groups is 1. The quantitative estimate of drug-likeness (QED) is 0.515. The van der Waals surface area contributed by atoms with Gasteiger partial charge in [0, 0.05) is 16.2 Å². The second-order valence-electron chi connectivity index (χ2n) is 4.30. The van der Waals surface area contributed by atoms with Crippen LogP contribution < -0.4 is 0 Å². The maximum Gasteiger partial charge on any atom is 0.128 e. The van der Waals surface area contributed by atoms with Crippen molar-refractivity contribution in [3.8, 4) is 11.1 Å². The first kappa shape index (κ1) is 13.5. The zero-order valence-electron chi connectivity index (χ0n) is 11.0. The number of rotatable bonds is 4. The van der Waals surface area contributed by atoms with Gasteiger partial charge in [-0.05, 0) is 12.5 Å². The molecule has 0 radical (unpaired) electrons. The van der Waals surface area contributed by atoms with Crippen molar-refractivity contribution < 1.29 is 4.39 Å². The van der Waals surface area contributed by atoms with Gasteiger partial charge in [-0.15, -0.1) is 23.1 Å². The predicted octanol–water partition coefficient (Wildman–Crippen LogP) is 4.73. The summed E-state index contributed by atoms with van der Waals surface area (Å²) in [5, 5.41) is 1.93. The van der Waals surface area contributed by atoms with Crippen LogP contribution in [0.4, 0.5) is 4.39 Å². The van der Waals surface area contributed by atoms with Crippen molar-refractivity contribution >= 4 is 33.3 Å². The Labute approximate surface area is 125 Å². The van der Waals surface area contributed by atoms with E-state index in [1.807, 2.05) is 18.2 Å². The number of aryl methyl sites for hydroxylation is 1. The van der Waals surface area contributed by atoms with Crippen LogP contribution in [0, 0.1) is 6.92 Å². The van der Waals surface area contributed by atoms with Gasteiger partial charge in [0.2, 0.25) is 0 Å². The van der Waals surface area contributed by atoms with Crippen LogP contribution in [0.15, 0.2) is 41.7 Å². The smallest absolute Gasteiger partial charge is 0.128 e. The highest BCUT2D eigenvalue weighted by molar-refractivity contribution is 7.99. The summed E-state index contributed by atoms with van der Waals surface area (Å²) >= 11 is 3.12. The number of fused-ring (bicyclic) bond motifs is 1. The van der Waals surface area contributed by atoms with E-state index >= 15 is 0 Å². The van der Waals surface area contributed by atoms with E-state index in [1.54, 1.807) is 17.7 Å². The van der Waals surface area contributed by atoms with E-state index in [4.69, 9.17) is 0 Å². The maximum atomic E-state index is 12.4. The summed E-state index contributed by atoms with van der Waals surface area (Å²) in [4.78, 5) is 10.9. The Bertz CT molecular complexity index is 725. The largest absolute Gasteiger partial charge is 0.250 e. The highest BCUT2D eigenvalue weighted by Crippen LogP contribution is 2.40. The lowest BCUT2D eigenvalue weighted by molar-refractivity contribution is 0.532. The molecule has 102 valence electrons. The molecule has 3 rings (SSSR count). The maximum absolute atomic E-state index is 12.4. The van der Waals surface area contributed by atoms with Gasteiger partial charge in [0.15, 0.2) is 0 Å². The Morgan fingerprint density at radius 1 is 1.20 bits per heavy atom. The second kappa shape index (κ2) is 5.89. The molecule has 0 aliphatic rings. The van der Waals surface area contributed by atoms with Gasteiger partial charge >= 0.3 is 0 Å². The monoisotopic (exact) mass is 304 g/mol. The molecular formula is C15H13FN2S2. The van der Waals surface area contributed by atoms with Gasteiger partial charge in [-0.3, -0.25) is 4.39 Å². The number of benzene rings is 1. The molecule has 1 aromatic carbocycles. The van der Waals surface area contributed by atoms with Crippen molar-refractivity contribution in [1.82, 2.24) is 9.97 Å². The minimum Gasteiger partial charge on any atom is -0.250 e. The molecule has 5 heteroatoms. The van der Waals surface area contributed by atoms with Crippen molar-refractivity contribution in [3.63, 3.8) is 0 Å². The van der Waals surface area contributed by atoms with Gasteiger partial charge in [-0.1, -0.05) is 30.3 Å². The van der Waals surface area contributed by atoms with E-state index in [-0.39, 0.29) is 6.67 Å². The fourth-order valence-electron chi connectivity index (χ4n) is 2.21. The standard InChI is InChI=1S/C15H13FN2S2/c1-10-12(11-5-3-2-4-6-11)13-14(19-8-7-16)17-9-18-15(13)20-10/h2-6,9H,7-8H2,1H3. The van der Waals surface area contributed by atoms with Crippen LogP contribution in [-0.2, 0) is 0 Å². The topological polar surface area (TPSA) is 25.8 Å². The number of hydrogen-bond acceptors (Lipinski definition) is 4. The Balaban J connectivity index is 2.23. The lowest BCUT2D eigenvalue weighted by atomic mass is 10.0. The first-order valence-corrected chi connectivity index (χ1v) is 8.09. The van der Waals surface area contributed by atoms with E-state index in [2.05, 4.69) is 29.0 Å². The van der Waals surface area contributed by atoms with Crippen molar-refractivity contribution in [2.24, 2.45) is 0 Å². The molecule has 20 heavy (non-hydrogen) atoms. The van der Waals surface area contributed by atoms with Crippen LogP contribution in [0.5, 0.6) is 0 Å². The molecule has 0 amide bonds. The summed E-state index contributed by atoms with van der Waals surface area (Å²) in [5.41, 5.74) is 2.33. The first-order chi connectivity index (χ1) is 9.81. The van der Waals surface area contributed by atoms with Gasteiger partial charge in [-0.2, -0.15) is 0 Å². The number of halogens is 1. The van der Waals surface area contributed by atoms with Gasteiger partial charge in [0.25, 0.3) is 0 Å². The van der Waals surface area contributed by atoms with Crippen molar-refractivity contribution in [1.29, 1.82) is 0 Å². The minimum atomic E-state index is -0.347. The van der Waals surface area contributed by atoms with Crippen LogP contribution in [0.1, 0.15) is 4.88 Å². The molecule has 0 saturated carbocycles. The summed E-state index contributed by atoms with van der Waals surface area (Å²) in [5.74, 6) is 0.426. The number of alkyl halides is 1. The molecule has 0 saturated heterocycles. The van der Waals surface area contributed by atoms with Crippen LogP contribution in [0.25, 0.3) is 21.3 Å². The molecule has 2 nitrogen and oxygen atoms in total. The second-order valence-corrected chi connectivity index (χ2v) is 6.58. The van der Waals surface area contributed by atoms with Gasteiger partial charge in [-0.25, -0.2) is 9.97 Å². The van der Waals surface area contributed by atoms with Gasteiger partial charge < -0.3 is 0 Å². The average molecular weight is 304 g/mol. The molecule has 0 aliphatic carbocycles. The number of nitrogens with zero attached hydrogens (tertiary/aromatic N) is 2. The Morgan fingerprint density at radius 3 is 2.75 bits per heavy atom. The van der Waals surface area contributed by atoms with Crippen LogP contribution in [0.2, 0.25) is 0 Å². The Kier molecular flexibility index (Phi) is 3.98. The molecule has 0 atom stereocenters. The number of aromatic nitrogens is 2. The molecule has 0 spiro atoms. The molecule has 0 bridgehead atoms. The van der Waals surface area contributed by atoms with E-state index in [1.165, 1.54) is 22.2 Å². The van der Waals surface area contributed by atoms with E-state index in [9.17, 15) is 4.39 Å². The summed E-state index contributed by atoms with van der Waals surface area (Å²) in [6, 6.07) is 10.2. The lowest BCUT2D eigenvalue weighted by Crippen LogP contribution is -1.88. The normalized spacial score (nSPS) is 11.1. The lowest BCUT2D eigenvalue weighted by Gasteiger charge is -2.05. The SMILES string of the molecule is Cc1sc2ncnc(SCCF)c2c1-c1ccccc1. The van der Waals surface area contributed by atoms with Crippen molar-refractivity contribution in [2.45, 2.75) is 11.9 Å². The van der Waals surface area contributed by atoms with Crippen molar-refractivity contribution in [3.05, 3.63) is 41.5 Å². The third-order valence-electron chi connectivity index (χ3n) is 3.01. The Hall–Kier alpha value is -1.46. The highest BCUT2D eigenvalue weighted by Gasteiger charge is 2.16. The molecule has 2 aromatic heterocycles. The summed E-state index contributed by atoms with van der Waals surface area (Å²) in [6.45, 7) is 1.75. The molecule has 3 aromatic rings. The number of thiophene rings is 1. The molecule has 0 N–H and O–H groups in total. The zero-order valence-corrected chi connectivity index (χ0v) is 12.6. The van der Waals surface area contributed by atoms with Crippen LogP contribution >= 0.6 is 23.1 Å². The van der Waals surface area contributed by atoms with E-state index in [0.717, 1.165) is 20.8 Å². The summed E-state index contributed by atoms with van der Waals surface area (Å²) < 4.78 is 12.4. The fourth-order valence-corrected chi connectivity index (χ4v) is 4.03.